The molecule has 0 unspecified atom stereocenters. The van der Waals surface area contributed by atoms with Gasteiger partial charge in [-0.3, -0.25) is 14.9 Å². The van der Waals surface area contributed by atoms with E-state index in [4.69, 9.17) is 10.8 Å². The fraction of sp³-hybridized carbons (Fsp3) is 0.417. The first-order chi connectivity index (χ1) is 8.40. The van der Waals surface area contributed by atoms with Gasteiger partial charge in [0.05, 0.1) is 10.8 Å². The van der Waals surface area contributed by atoms with Crippen LogP contribution in [-0.4, -0.2) is 22.0 Å². The van der Waals surface area contributed by atoms with Gasteiger partial charge >= 0.3 is 5.97 Å². The van der Waals surface area contributed by atoms with E-state index >= 15 is 0 Å². The second-order valence-electron chi connectivity index (χ2n) is 4.36. The molecule has 6 nitrogen and oxygen atoms in total. The van der Waals surface area contributed by atoms with Crippen LogP contribution in [0, 0.1) is 16.0 Å². The molecule has 0 aliphatic carbocycles. The number of nitro benzene ring substituents is 1. The Labute approximate surface area is 105 Å². The number of aliphatic carboxylic acids is 1. The van der Waals surface area contributed by atoms with E-state index in [1.165, 1.54) is 12.1 Å². The summed E-state index contributed by atoms with van der Waals surface area (Å²) in [7, 11) is 0. The monoisotopic (exact) mass is 252 g/mol. The number of nitro groups is 1. The minimum Gasteiger partial charge on any atom is -0.481 e. The average molecular weight is 252 g/mol. The van der Waals surface area contributed by atoms with E-state index in [0.29, 0.717) is 12.8 Å². The zero-order valence-corrected chi connectivity index (χ0v) is 10.1. The fourth-order valence-electron chi connectivity index (χ4n) is 1.69. The van der Waals surface area contributed by atoms with Gasteiger partial charge in [0.2, 0.25) is 0 Å². The largest absolute Gasteiger partial charge is 0.481 e. The summed E-state index contributed by atoms with van der Waals surface area (Å²) in [4.78, 5) is 20.7. The Morgan fingerprint density at radius 2 is 2.00 bits per heavy atom. The minimum atomic E-state index is -0.867. The smallest absolute Gasteiger partial charge is 0.306 e. The van der Waals surface area contributed by atoms with Gasteiger partial charge in [0.25, 0.3) is 5.69 Å². The summed E-state index contributed by atoms with van der Waals surface area (Å²) in [5, 5.41) is 19.2. The molecule has 1 rings (SSSR count). The van der Waals surface area contributed by atoms with Crippen LogP contribution in [0.3, 0.4) is 0 Å². The van der Waals surface area contributed by atoms with Crippen LogP contribution >= 0.6 is 0 Å². The Morgan fingerprint density at radius 1 is 1.44 bits per heavy atom. The number of carbonyl (C=O) groups is 1. The first kappa shape index (κ1) is 14.1. The summed E-state index contributed by atoms with van der Waals surface area (Å²) in [5.74, 6) is -1.35. The summed E-state index contributed by atoms with van der Waals surface area (Å²) < 4.78 is 0. The Hall–Kier alpha value is -1.95. The molecular formula is C12H16N2O4. The van der Waals surface area contributed by atoms with Gasteiger partial charge in [-0.1, -0.05) is 19.1 Å². The molecule has 1 aromatic rings. The van der Waals surface area contributed by atoms with Crippen molar-refractivity contribution < 1.29 is 14.8 Å². The molecule has 6 heteroatoms. The van der Waals surface area contributed by atoms with Gasteiger partial charge < -0.3 is 10.8 Å². The molecule has 0 aromatic heterocycles. The molecule has 98 valence electrons. The lowest BCUT2D eigenvalue weighted by Crippen LogP contribution is -2.28. The number of carboxylic acids is 1. The highest BCUT2D eigenvalue weighted by Crippen LogP contribution is 2.15. The minimum absolute atomic E-state index is 0.0335. The van der Waals surface area contributed by atoms with Crippen molar-refractivity contribution in [1.82, 2.24) is 0 Å². The third-order valence-corrected chi connectivity index (χ3v) is 2.72. The number of hydrogen-bond donors (Lipinski definition) is 2. The van der Waals surface area contributed by atoms with E-state index < -0.39 is 16.8 Å². The molecule has 0 aliphatic rings. The van der Waals surface area contributed by atoms with Crippen molar-refractivity contribution in [2.45, 2.75) is 25.8 Å². The standard InChI is InChI=1S/C12H16N2O4/c1-8(12(15)16)6-10(13)7-9-2-4-11(5-3-9)14(17)18/h2-5,8,10H,6-7,13H2,1H3,(H,15,16)/t8-,10+/m0/s1. The van der Waals surface area contributed by atoms with Crippen molar-refractivity contribution in [3.05, 3.63) is 39.9 Å². The van der Waals surface area contributed by atoms with Gasteiger partial charge in [-0.15, -0.1) is 0 Å². The molecule has 0 heterocycles. The molecule has 0 fully saturated rings. The lowest BCUT2D eigenvalue weighted by molar-refractivity contribution is -0.384. The Balaban J connectivity index is 2.56. The van der Waals surface area contributed by atoms with E-state index in [1.807, 2.05) is 0 Å². The van der Waals surface area contributed by atoms with Crippen molar-refractivity contribution in [1.29, 1.82) is 0 Å². The number of benzene rings is 1. The highest BCUT2D eigenvalue weighted by atomic mass is 16.6. The van der Waals surface area contributed by atoms with Gasteiger partial charge in [-0.25, -0.2) is 0 Å². The van der Waals surface area contributed by atoms with Gasteiger partial charge in [0, 0.05) is 18.2 Å². The Morgan fingerprint density at radius 3 is 2.44 bits per heavy atom. The van der Waals surface area contributed by atoms with Crippen LogP contribution in [0.25, 0.3) is 0 Å². The molecule has 1 aromatic carbocycles. The maximum atomic E-state index is 10.7. The fourth-order valence-corrected chi connectivity index (χ4v) is 1.69. The van der Waals surface area contributed by atoms with Gasteiger partial charge in [-0.2, -0.15) is 0 Å². The van der Waals surface area contributed by atoms with E-state index in [0.717, 1.165) is 5.56 Å². The lowest BCUT2D eigenvalue weighted by atomic mass is 9.97. The molecule has 3 N–H and O–H groups in total. The van der Waals surface area contributed by atoms with Crippen LogP contribution in [0.1, 0.15) is 18.9 Å². The third kappa shape index (κ3) is 4.14. The van der Waals surface area contributed by atoms with Gasteiger partial charge in [0.1, 0.15) is 0 Å². The van der Waals surface area contributed by atoms with Crippen LogP contribution in [-0.2, 0) is 11.2 Å². The average Bonchev–Trinajstić information content (AvgIpc) is 2.29. The number of hydrogen-bond acceptors (Lipinski definition) is 4. The highest BCUT2D eigenvalue weighted by molar-refractivity contribution is 5.69. The summed E-state index contributed by atoms with van der Waals surface area (Å²) in [6.07, 6.45) is 0.891. The Bertz CT molecular complexity index is 430. The van der Waals surface area contributed by atoms with Crippen molar-refractivity contribution in [2.75, 3.05) is 0 Å². The Kier molecular flexibility index (Phi) is 4.79. The topological polar surface area (TPSA) is 106 Å². The van der Waals surface area contributed by atoms with Gasteiger partial charge in [0.15, 0.2) is 0 Å². The molecule has 0 aliphatic heterocycles. The molecule has 0 bridgehead atoms. The van der Waals surface area contributed by atoms with Crippen LogP contribution in [0.5, 0.6) is 0 Å². The molecule has 0 saturated carbocycles. The number of rotatable bonds is 6. The molecule has 0 radical (unpaired) electrons. The van der Waals surface area contributed by atoms with Crippen molar-refractivity contribution in [3.8, 4) is 0 Å². The zero-order chi connectivity index (χ0) is 13.7. The SMILES string of the molecule is C[C@@H](C[C@@H](N)Cc1ccc([N+](=O)[O-])cc1)C(=O)O. The molecule has 18 heavy (non-hydrogen) atoms. The van der Waals surface area contributed by atoms with Crippen LogP contribution in [0.2, 0.25) is 0 Å². The quantitative estimate of drug-likeness (QED) is 0.590. The number of nitrogens with two attached hydrogens (primary N) is 1. The van der Waals surface area contributed by atoms with E-state index in [-0.39, 0.29) is 11.7 Å². The predicted molar refractivity (Wildman–Crippen MR) is 66.2 cm³/mol. The first-order valence-electron chi connectivity index (χ1n) is 5.62. The maximum Gasteiger partial charge on any atom is 0.306 e. The van der Waals surface area contributed by atoms with E-state index in [9.17, 15) is 14.9 Å². The highest BCUT2D eigenvalue weighted by Gasteiger charge is 2.16. The lowest BCUT2D eigenvalue weighted by Gasteiger charge is -2.14. The normalized spacial score (nSPS) is 13.9. The predicted octanol–water partition coefficient (Wildman–Crippen LogP) is 1.58. The number of carboxylic acid groups (broad SMARTS) is 1. The molecule has 0 saturated heterocycles. The summed E-state index contributed by atoms with van der Waals surface area (Å²) in [5.41, 5.74) is 6.74. The number of non-ortho nitro benzene ring substituents is 1. The van der Waals surface area contributed by atoms with E-state index in [2.05, 4.69) is 0 Å². The molecule has 0 amide bonds. The molecule has 0 spiro atoms. The van der Waals surface area contributed by atoms with Gasteiger partial charge in [-0.05, 0) is 18.4 Å². The summed E-state index contributed by atoms with van der Waals surface area (Å²) >= 11 is 0. The van der Waals surface area contributed by atoms with Crippen molar-refractivity contribution in [2.24, 2.45) is 11.7 Å². The first-order valence-corrected chi connectivity index (χ1v) is 5.62. The molecule has 2 atom stereocenters. The molecular weight excluding hydrogens is 236 g/mol. The van der Waals surface area contributed by atoms with Crippen molar-refractivity contribution >= 4 is 11.7 Å². The zero-order valence-electron chi connectivity index (χ0n) is 10.1. The number of nitrogens with zero attached hydrogens (tertiary/aromatic N) is 1. The second kappa shape index (κ2) is 6.11. The summed E-state index contributed by atoms with van der Waals surface area (Å²) in [6.45, 7) is 1.61. The maximum absolute atomic E-state index is 10.7. The van der Waals surface area contributed by atoms with Crippen LogP contribution < -0.4 is 5.73 Å². The second-order valence-corrected chi connectivity index (χ2v) is 4.36. The van der Waals surface area contributed by atoms with Crippen LogP contribution in [0.15, 0.2) is 24.3 Å². The third-order valence-electron chi connectivity index (χ3n) is 2.72. The van der Waals surface area contributed by atoms with Crippen LogP contribution in [0.4, 0.5) is 5.69 Å². The van der Waals surface area contributed by atoms with E-state index in [1.54, 1.807) is 19.1 Å². The summed E-state index contributed by atoms with van der Waals surface area (Å²) in [6, 6.07) is 5.86. The van der Waals surface area contributed by atoms with Crippen molar-refractivity contribution in [3.63, 3.8) is 0 Å².